The minimum absolute atomic E-state index is 0. The Hall–Kier alpha value is -1.50. The zero-order chi connectivity index (χ0) is 19.1. The highest BCUT2D eigenvalue weighted by atomic mass is 35.5. The molecule has 1 aromatic heterocycles. The summed E-state index contributed by atoms with van der Waals surface area (Å²) < 4.78 is 1.96. The molecule has 0 N–H and O–H groups in total. The first-order chi connectivity index (χ1) is 13.7. The summed E-state index contributed by atoms with van der Waals surface area (Å²) >= 11 is 1.92. The fourth-order valence-corrected chi connectivity index (χ4v) is 5.50. The molecule has 2 aromatic carbocycles. The maximum Gasteiger partial charge on any atom is 0.0678 e. The summed E-state index contributed by atoms with van der Waals surface area (Å²) in [5.41, 5.74) is 5.36. The van der Waals surface area contributed by atoms with Crippen molar-refractivity contribution in [1.82, 2.24) is 19.6 Å². The molecule has 1 unspecified atom stereocenters. The Labute approximate surface area is 195 Å². The van der Waals surface area contributed by atoms with Crippen LogP contribution in [0.4, 0.5) is 0 Å². The average molecular weight is 463 g/mol. The molecule has 0 bridgehead atoms. The van der Waals surface area contributed by atoms with Crippen molar-refractivity contribution in [2.24, 2.45) is 7.05 Å². The van der Waals surface area contributed by atoms with E-state index in [-0.39, 0.29) is 24.8 Å². The Kier molecular flexibility index (Phi) is 7.53. The highest BCUT2D eigenvalue weighted by molar-refractivity contribution is 7.99. The van der Waals surface area contributed by atoms with Crippen LogP contribution < -0.4 is 0 Å². The lowest BCUT2D eigenvalue weighted by atomic mass is 9.94. The van der Waals surface area contributed by atoms with Gasteiger partial charge in [-0.1, -0.05) is 36.0 Å². The maximum absolute atomic E-state index is 4.37. The topological polar surface area (TPSA) is 24.3 Å². The quantitative estimate of drug-likeness (QED) is 0.538. The number of benzene rings is 2. The Bertz CT molecular complexity index is 998. The van der Waals surface area contributed by atoms with Crippen LogP contribution in [-0.2, 0) is 13.5 Å². The Morgan fingerprint density at radius 1 is 0.900 bits per heavy atom. The highest BCUT2D eigenvalue weighted by Gasteiger charge is 2.29. The summed E-state index contributed by atoms with van der Waals surface area (Å²) in [6, 6.07) is 18.4. The Balaban J connectivity index is 0.00000128. The molecule has 1 atom stereocenters. The SMILES string of the molecule is CN1CCN(C2Cc3ccccc3Sc3ccc(-c4ccnn4C)cc32)CC1.Cl.Cl. The number of halogens is 2. The van der Waals surface area contributed by atoms with E-state index in [1.54, 1.807) is 0 Å². The van der Waals surface area contributed by atoms with Crippen molar-refractivity contribution in [3.05, 3.63) is 65.9 Å². The molecular formula is C23H28Cl2N4S. The number of likely N-dealkylation sites (N-methyl/N-ethyl adjacent to an activating group) is 1. The maximum atomic E-state index is 4.37. The number of aryl methyl sites for hydroxylation is 1. The van der Waals surface area contributed by atoms with Crippen LogP contribution in [-0.4, -0.2) is 52.8 Å². The molecule has 2 aliphatic rings. The van der Waals surface area contributed by atoms with Crippen molar-refractivity contribution in [2.45, 2.75) is 22.3 Å². The van der Waals surface area contributed by atoms with E-state index in [1.165, 1.54) is 32.2 Å². The number of fused-ring (bicyclic) bond motifs is 2. The third kappa shape index (κ3) is 4.41. The average Bonchev–Trinajstić information content (AvgIpc) is 3.07. The van der Waals surface area contributed by atoms with Gasteiger partial charge in [-0.25, -0.2) is 0 Å². The van der Waals surface area contributed by atoms with Crippen LogP contribution in [0.3, 0.4) is 0 Å². The predicted octanol–water partition coefficient (Wildman–Crippen LogP) is 4.93. The normalized spacial score (nSPS) is 19.1. The lowest BCUT2D eigenvalue weighted by Gasteiger charge is -2.38. The van der Waals surface area contributed by atoms with Crippen LogP contribution in [0.25, 0.3) is 11.3 Å². The largest absolute Gasteiger partial charge is 0.304 e. The first-order valence-corrected chi connectivity index (χ1v) is 10.8. The number of hydrogen-bond donors (Lipinski definition) is 0. The van der Waals surface area contributed by atoms with Gasteiger partial charge in [0.05, 0.1) is 5.69 Å². The van der Waals surface area contributed by atoms with E-state index in [4.69, 9.17) is 0 Å². The Morgan fingerprint density at radius 2 is 1.67 bits per heavy atom. The molecule has 1 saturated heterocycles. The van der Waals surface area contributed by atoms with Crippen molar-refractivity contribution < 1.29 is 0 Å². The van der Waals surface area contributed by atoms with Crippen molar-refractivity contribution >= 4 is 36.6 Å². The monoisotopic (exact) mass is 462 g/mol. The van der Waals surface area contributed by atoms with E-state index in [0.29, 0.717) is 6.04 Å². The molecule has 7 heteroatoms. The predicted molar refractivity (Wildman–Crippen MR) is 129 cm³/mol. The summed E-state index contributed by atoms with van der Waals surface area (Å²) in [6.07, 6.45) is 2.96. The third-order valence-corrected chi connectivity index (χ3v) is 7.28. The van der Waals surface area contributed by atoms with Gasteiger partial charge in [0, 0.05) is 60.8 Å². The van der Waals surface area contributed by atoms with Crippen molar-refractivity contribution in [3.63, 3.8) is 0 Å². The van der Waals surface area contributed by atoms with Crippen LogP contribution in [0.1, 0.15) is 17.2 Å². The van der Waals surface area contributed by atoms with Crippen molar-refractivity contribution in [1.29, 1.82) is 0 Å². The molecular weight excluding hydrogens is 435 g/mol. The van der Waals surface area contributed by atoms with Gasteiger partial charge in [0.25, 0.3) is 0 Å². The minimum Gasteiger partial charge on any atom is -0.304 e. The van der Waals surface area contributed by atoms with E-state index in [2.05, 4.69) is 70.5 Å². The highest BCUT2D eigenvalue weighted by Crippen LogP contribution is 2.44. The molecule has 0 aliphatic carbocycles. The first-order valence-electron chi connectivity index (χ1n) is 10.00. The summed E-state index contributed by atoms with van der Waals surface area (Å²) in [4.78, 5) is 7.91. The second kappa shape index (κ2) is 9.75. The van der Waals surface area contributed by atoms with E-state index in [1.807, 2.05) is 29.7 Å². The van der Waals surface area contributed by atoms with Gasteiger partial charge in [-0.15, -0.1) is 24.8 Å². The van der Waals surface area contributed by atoms with Crippen LogP contribution in [0.5, 0.6) is 0 Å². The van der Waals surface area contributed by atoms with E-state index >= 15 is 0 Å². The lowest BCUT2D eigenvalue weighted by molar-refractivity contribution is 0.110. The molecule has 1 fully saturated rings. The van der Waals surface area contributed by atoms with Crippen LogP contribution >= 0.6 is 36.6 Å². The molecule has 160 valence electrons. The Morgan fingerprint density at radius 3 is 2.40 bits per heavy atom. The van der Waals surface area contributed by atoms with Gasteiger partial charge >= 0.3 is 0 Å². The molecule has 2 aliphatic heterocycles. The molecule has 0 radical (unpaired) electrons. The molecule has 4 nitrogen and oxygen atoms in total. The smallest absolute Gasteiger partial charge is 0.0678 e. The van der Waals surface area contributed by atoms with Gasteiger partial charge in [0.2, 0.25) is 0 Å². The number of piperazine rings is 1. The fourth-order valence-electron chi connectivity index (χ4n) is 4.39. The van der Waals surface area contributed by atoms with Crippen molar-refractivity contribution in [2.75, 3.05) is 33.2 Å². The van der Waals surface area contributed by atoms with Gasteiger partial charge in [0.15, 0.2) is 0 Å². The molecule has 0 spiro atoms. The summed E-state index contributed by atoms with van der Waals surface area (Å²) in [6.45, 7) is 4.54. The van der Waals surface area contributed by atoms with Gasteiger partial charge in [-0.2, -0.15) is 5.10 Å². The molecule has 0 amide bonds. The van der Waals surface area contributed by atoms with Gasteiger partial charge in [-0.05, 0) is 48.9 Å². The molecule has 30 heavy (non-hydrogen) atoms. The first kappa shape index (κ1) is 23.2. The third-order valence-electron chi connectivity index (χ3n) is 6.07. The van der Waals surface area contributed by atoms with Crippen LogP contribution in [0.15, 0.2) is 64.5 Å². The van der Waals surface area contributed by atoms with Crippen molar-refractivity contribution in [3.8, 4) is 11.3 Å². The lowest BCUT2D eigenvalue weighted by Crippen LogP contribution is -2.46. The van der Waals surface area contributed by atoms with Gasteiger partial charge in [-0.3, -0.25) is 9.58 Å². The second-order valence-electron chi connectivity index (χ2n) is 7.86. The minimum atomic E-state index is 0. The second-order valence-corrected chi connectivity index (χ2v) is 8.95. The molecule has 0 saturated carbocycles. The zero-order valence-electron chi connectivity index (χ0n) is 17.3. The standard InChI is InChI=1S/C23H26N4S.2ClH/c1-25-11-13-27(14-12-25)21-16-18-5-3-4-6-22(18)28-23-8-7-17(15-19(21)23)20-9-10-24-26(20)2;;/h3-10,15,21H,11-14,16H2,1-2H3;2*1H. The van der Waals surface area contributed by atoms with Crippen LogP contribution in [0, 0.1) is 0 Å². The van der Waals surface area contributed by atoms with Gasteiger partial charge in [0.1, 0.15) is 0 Å². The molecule has 3 heterocycles. The number of nitrogens with zero attached hydrogens (tertiary/aromatic N) is 4. The zero-order valence-corrected chi connectivity index (χ0v) is 19.8. The van der Waals surface area contributed by atoms with Gasteiger partial charge < -0.3 is 4.90 Å². The summed E-state index contributed by atoms with van der Waals surface area (Å²) in [5.74, 6) is 0. The molecule has 5 rings (SSSR count). The molecule has 3 aromatic rings. The number of rotatable bonds is 2. The van der Waals surface area contributed by atoms with E-state index in [9.17, 15) is 0 Å². The number of aromatic nitrogens is 2. The summed E-state index contributed by atoms with van der Waals surface area (Å²) in [5, 5.41) is 4.37. The van der Waals surface area contributed by atoms with Crippen LogP contribution in [0.2, 0.25) is 0 Å². The van der Waals surface area contributed by atoms with E-state index in [0.717, 1.165) is 32.6 Å². The van der Waals surface area contributed by atoms with E-state index < -0.39 is 0 Å². The number of hydrogen-bond acceptors (Lipinski definition) is 4. The summed E-state index contributed by atoms with van der Waals surface area (Å²) in [7, 11) is 4.24. The fraction of sp³-hybridized carbons (Fsp3) is 0.348.